The van der Waals surface area contributed by atoms with Crippen LogP contribution in [0.3, 0.4) is 0 Å². The van der Waals surface area contributed by atoms with Gasteiger partial charge in [0.15, 0.2) is 5.96 Å². The Kier molecular flexibility index (Phi) is 9.62. The van der Waals surface area contributed by atoms with E-state index >= 15 is 0 Å². The van der Waals surface area contributed by atoms with Crippen LogP contribution in [0, 0.1) is 0 Å². The van der Waals surface area contributed by atoms with Gasteiger partial charge in [0.05, 0.1) is 19.8 Å². The number of rotatable bonds is 10. The minimum atomic E-state index is 0.310. The van der Waals surface area contributed by atoms with Crippen molar-refractivity contribution >= 4 is 11.9 Å². The molecular formula is C24H39N5O2. The van der Waals surface area contributed by atoms with Crippen molar-refractivity contribution in [3.05, 3.63) is 35.4 Å². The number of likely N-dealkylation sites (tertiary alicyclic amines) is 1. The zero-order chi connectivity index (χ0) is 21.9. The lowest BCUT2D eigenvalue weighted by Gasteiger charge is -2.27. The highest BCUT2D eigenvalue weighted by Gasteiger charge is 2.26. The quantitative estimate of drug-likeness (QED) is 0.441. The third-order valence-corrected chi connectivity index (χ3v) is 6.16. The Morgan fingerprint density at radius 1 is 1.13 bits per heavy atom. The fourth-order valence-corrected chi connectivity index (χ4v) is 4.36. The van der Waals surface area contributed by atoms with Crippen LogP contribution in [0.4, 0.5) is 0 Å². The molecule has 2 aliphatic rings. The van der Waals surface area contributed by atoms with Crippen molar-refractivity contribution < 1.29 is 9.53 Å². The number of nitrogens with one attached hydrogen (secondary N) is 2. The zero-order valence-corrected chi connectivity index (χ0v) is 19.2. The van der Waals surface area contributed by atoms with Crippen LogP contribution >= 0.6 is 0 Å². The van der Waals surface area contributed by atoms with Crippen molar-refractivity contribution in [3.63, 3.8) is 0 Å². The van der Waals surface area contributed by atoms with Crippen molar-refractivity contribution in [1.82, 2.24) is 20.4 Å². The van der Waals surface area contributed by atoms with Crippen molar-refractivity contribution in [2.24, 2.45) is 4.99 Å². The number of ether oxygens (including phenoxy) is 1. The largest absolute Gasteiger partial charge is 0.379 e. The summed E-state index contributed by atoms with van der Waals surface area (Å²) in [7, 11) is 0. The Morgan fingerprint density at radius 2 is 1.90 bits per heavy atom. The molecule has 7 heteroatoms. The number of hydrogen-bond acceptors (Lipinski definition) is 4. The molecule has 2 aliphatic heterocycles. The topological polar surface area (TPSA) is 69.2 Å². The molecule has 31 heavy (non-hydrogen) atoms. The highest BCUT2D eigenvalue weighted by Crippen LogP contribution is 2.18. The molecule has 0 bridgehead atoms. The molecule has 1 unspecified atom stereocenters. The number of morpholine rings is 1. The number of amides is 1. The van der Waals surface area contributed by atoms with E-state index in [1.807, 2.05) is 0 Å². The van der Waals surface area contributed by atoms with E-state index in [9.17, 15) is 4.79 Å². The van der Waals surface area contributed by atoms with Crippen LogP contribution in [0.5, 0.6) is 0 Å². The Labute approximate surface area is 187 Å². The predicted octanol–water partition coefficient (Wildman–Crippen LogP) is 2.37. The maximum atomic E-state index is 12.1. The average Bonchev–Trinajstić information content (AvgIpc) is 3.22. The summed E-state index contributed by atoms with van der Waals surface area (Å²) in [6.07, 6.45) is 3.64. The number of carbonyl (C=O) groups is 1. The van der Waals surface area contributed by atoms with Crippen molar-refractivity contribution in [3.8, 4) is 0 Å². The van der Waals surface area contributed by atoms with Gasteiger partial charge in [-0.3, -0.25) is 9.69 Å². The third kappa shape index (κ3) is 7.21. The van der Waals surface area contributed by atoms with E-state index in [2.05, 4.69) is 58.5 Å². The van der Waals surface area contributed by atoms with Gasteiger partial charge in [-0.05, 0) is 37.3 Å². The summed E-state index contributed by atoms with van der Waals surface area (Å²) in [5.41, 5.74) is 2.60. The van der Waals surface area contributed by atoms with E-state index in [0.29, 0.717) is 24.9 Å². The van der Waals surface area contributed by atoms with Gasteiger partial charge >= 0.3 is 0 Å². The third-order valence-electron chi connectivity index (χ3n) is 6.16. The number of aliphatic imine (C=N–C) groups is 1. The lowest BCUT2D eigenvalue weighted by atomic mass is 10.1. The normalized spacial score (nSPS) is 19.0. The van der Waals surface area contributed by atoms with Crippen LogP contribution in [0.15, 0.2) is 29.3 Å². The van der Waals surface area contributed by atoms with E-state index in [0.717, 1.165) is 77.7 Å². The van der Waals surface area contributed by atoms with Crippen LogP contribution in [0.2, 0.25) is 0 Å². The Bertz CT molecular complexity index is 718. The fourth-order valence-electron chi connectivity index (χ4n) is 4.36. The number of guanidine groups is 1. The molecule has 0 aromatic heterocycles. The van der Waals surface area contributed by atoms with Gasteiger partial charge in [0, 0.05) is 51.7 Å². The van der Waals surface area contributed by atoms with Gasteiger partial charge in [0.1, 0.15) is 0 Å². The molecular weight excluding hydrogens is 390 g/mol. The second kappa shape index (κ2) is 12.7. The molecule has 0 aliphatic carbocycles. The zero-order valence-electron chi connectivity index (χ0n) is 19.2. The molecule has 1 aromatic carbocycles. The standard InChI is InChI=1S/C24H39N5O2/c1-3-22(29-13-7-10-23(29)30)11-12-26-24(25-4-2)27-18-20-8-5-6-9-21(20)19-28-14-16-31-17-15-28/h5-6,8-9,22H,3-4,7,10-19H2,1-2H3,(H2,25,26,27). The lowest BCUT2D eigenvalue weighted by molar-refractivity contribution is -0.129. The minimum absolute atomic E-state index is 0.310. The first kappa shape index (κ1) is 23.5. The summed E-state index contributed by atoms with van der Waals surface area (Å²) >= 11 is 0. The van der Waals surface area contributed by atoms with Crippen LogP contribution in [-0.4, -0.2) is 73.6 Å². The van der Waals surface area contributed by atoms with Crippen LogP contribution in [-0.2, 0) is 22.6 Å². The lowest BCUT2D eigenvalue weighted by Crippen LogP contribution is -2.42. The number of benzene rings is 1. The van der Waals surface area contributed by atoms with Gasteiger partial charge in [-0.1, -0.05) is 31.2 Å². The predicted molar refractivity (Wildman–Crippen MR) is 125 cm³/mol. The number of carbonyl (C=O) groups excluding carboxylic acids is 1. The molecule has 1 atom stereocenters. The van der Waals surface area contributed by atoms with E-state index in [-0.39, 0.29) is 0 Å². The van der Waals surface area contributed by atoms with Gasteiger partial charge in [0.25, 0.3) is 0 Å². The summed E-state index contributed by atoms with van der Waals surface area (Å²) in [5, 5.41) is 6.82. The first-order valence-electron chi connectivity index (χ1n) is 11.9. The van der Waals surface area contributed by atoms with Crippen LogP contribution in [0.1, 0.15) is 50.7 Å². The maximum absolute atomic E-state index is 12.1. The summed E-state index contributed by atoms with van der Waals surface area (Å²) < 4.78 is 5.47. The van der Waals surface area contributed by atoms with Crippen molar-refractivity contribution in [2.75, 3.05) is 45.9 Å². The second-order valence-electron chi connectivity index (χ2n) is 8.32. The van der Waals surface area contributed by atoms with Crippen LogP contribution < -0.4 is 10.6 Å². The number of nitrogens with zero attached hydrogens (tertiary/aromatic N) is 3. The molecule has 172 valence electrons. The Hall–Kier alpha value is -2.12. The molecule has 0 saturated carbocycles. The molecule has 7 nitrogen and oxygen atoms in total. The van der Waals surface area contributed by atoms with Crippen LogP contribution in [0.25, 0.3) is 0 Å². The fraction of sp³-hybridized carbons (Fsp3) is 0.667. The van der Waals surface area contributed by atoms with Gasteiger partial charge < -0.3 is 20.3 Å². The van der Waals surface area contributed by atoms with Gasteiger partial charge in [-0.15, -0.1) is 0 Å². The molecule has 2 heterocycles. The van der Waals surface area contributed by atoms with Crippen molar-refractivity contribution in [1.29, 1.82) is 0 Å². The maximum Gasteiger partial charge on any atom is 0.222 e. The van der Waals surface area contributed by atoms with E-state index in [1.54, 1.807) is 0 Å². The average molecular weight is 430 g/mol. The summed E-state index contributed by atoms with van der Waals surface area (Å²) in [5.74, 6) is 1.15. The Balaban J connectivity index is 1.55. The minimum Gasteiger partial charge on any atom is -0.379 e. The second-order valence-corrected chi connectivity index (χ2v) is 8.32. The van der Waals surface area contributed by atoms with Gasteiger partial charge in [-0.25, -0.2) is 4.99 Å². The first-order valence-corrected chi connectivity index (χ1v) is 11.9. The molecule has 0 radical (unpaired) electrons. The number of hydrogen-bond donors (Lipinski definition) is 2. The molecule has 2 saturated heterocycles. The van der Waals surface area contributed by atoms with Gasteiger partial charge in [-0.2, -0.15) is 0 Å². The molecule has 1 aromatic rings. The SMILES string of the molecule is CCNC(=NCc1ccccc1CN1CCOCC1)NCCC(CC)N1CCCC1=O. The summed E-state index contributed by atoms with van der Waals surface area (Å²) in [6, 6.07) is 8.90. The summed E-state index contributed by atoms with van der Waals surface area (Å²) in [4.78, 5) is 21.4. The first-order chi connectivity index (χ1) is 15.2. The van der Waals surface area contributed by atoms with Gasteiger partial charge in [0.2, 0.25) is 5.91 Å². The molecule has 0 spiro atoms. The van der Waals surface area contributed by atoms with E-state index < -0.39 is 0 Å². The van der Waals surface area contributed by atoms with Crippen molar-refractivity contribution in [2.45, 2.75) is 58.7 Å². The van der Waals surface area contributed by atoms with E-state index in [4.69, 9.17) is 9.73 Å². The molecule has 1 amide bonds. The molecule has 3 rings (SSSR count). The highest BCUT2D eigenvalue weighted by atomic mass is 16.5. The molecule has 2 fully saturated rings. The highest BCUT2D eigenvalue weighted by molar-refractivity contribution is 5.80. The smallest absolute Gasteiger partial charge is 0.222 e. The Morgan fingerprint density at radius 3 is 2.58 bits per heavy atom. The summed E-state index contributed by atoms with van der Waals surface area (Å²) in [6.45, 7) is 12.0. The molecule has 2 N–H and O–H groups in total. The monoisotopic (exact) mass is 429 g/mol. The van der Waals surface area contributed by atoms with E-state index in [1.165, 1.54) is 11.1 Å².